The van der Waals surface area contributed by atoms with E-state index in [-0.39, 0.29) is 18.7 Å². The maximum atomic E-state index is 12.1. The molecule has 116 valence electrons. The molecule has 5 heteroatoms. The summed E-state index contributed by atoms with van der Waals surface area (Å²) in [7, 11) is 0. The van der Waals surface area contributed by atoms with Crippen LogP contribution in [0, 0.1) is 11.3 Å². The van der Waals surface area contributed by atoms with E-state index >= 15 is 0 Å². The molecule has 2 aliphatic rings. The number of anilines is 1. The summed E-state index contributed by atoms with van der Waals surface area (Å²) in [6.07, 6.45) is 4.27. The largest absolute Gasteiger partial charge is 0.459 e. The highest BCUT2D eigenvalue weighted by Crippen LogP contribution is 2.25. The predicted octanol–water partition coefficient (Wildman–Crippen LogP) is 2.49. The lowest BCUT2D eigenvalue weighted by Crippen LogP contribution is -2.20. The molecule has 0 saturated carbocycles. The molecule has 3 rings (SSSR count). The van der Waals surface area contributed by atoms with Crippen molar-refractivity contribution in [2.45, 2.75) is 31.8 Å². The number of ether oxygens (including phenoxy) is 2. The molecule has 0 spiro atoms. The Labute approximate surface area is 130 Å². The average Bonchev–Trinajstić information content (AvgIpc) is 3.25. The Bertz CT molecular complexity index is 582. The first kappa shape index (κ1) is 14.9. The molecule has 1 atom stereocenters. The molecular formula is C17H20N2O3. The Morgan fingerprint density at radius 3 is 2.86 bits per heavy atom. The number of esters is 1. The maximum absolute atomic E-state index is 12.1. The molecule has 0 N–H and O–H groups in total. The second-order valence-corrected chi connectivity index (χ2v) is 5.77. The van der Waals surface area contributed by atoms with Gasteiger partial charge in [-0.1, -0.05) is 0 Å². The highest BCUT2D eigenvalue weighted by atomic mass is 16.6. The Hall–Kier alpha value is -2.06. The molecule has 0 aromatic heterocycles. The first-order valence-electron chi connectivity index (χ1n) is 7.86. The normalized spacial score (nSPS) is 20.9. The van der Waals surface area contributed by atoms with Gasteiger partial charge in [-0.25, -0.2) is 4.79 Å². The topological polar surface area (TPSA) is 62.6 Å². The zero-order valence-corrected chi connectivity index (χ0v) is 12.6. The van der Waals surface area contributed by atoms with Crippen LogP contribution in [-0.4, -0.2) is 38.4 Å². The van der Waals surface area contributed by atoms with Crippen LogP contribution in [0.25, 0.3) is 0 Å². The molecule has 1 aromatic carbocycles. The second kappa shape index (κ2) is 6.80. The van der Waals surface area contributed by atoms with Crippen LogP contribution in [0.3, 0.4) is 0 Å². The van der Waals surface area contributed by atoms with Crippen molar-refractivity contribution in [3.8, 4) is 6.07 Å². The van der Waals surface area contributed by atoms with Crippen molar-refractivity contribution in [1.82, 2.24) is 0 Å². The quantitative estimate of drug-likeness (QED) is 0.799. The average molecular weight is 300 g/mol. The lowest BCUT2D eigenvalue weighted by molar-refractivity contribution is 0.0161. The van der Waals surface area contributed by atoms with Gasteiger partial charge in [0.1, 0.15) is 12.7 Å². The van der Waals surface area contributed by atoms with Crippen molar-refractivity contribution >= 4 is 11.7 Å². The third-order valence-corrected chi connectivity index (χ3v) is 4.22. The van der Waals surface area contributed by atoms with Gasteiger partial charge in [0.2, 0.25) is 0 Å². The lowest BCUT2D eigenvalue weighted by atomic mass is 10.1. The van der Waals surface area contributed by atoms with Gasteiger partial charge in [0, 0.05) is 19.7 Å². The van der Waals surface area contributed by atoms with Gasteiger partial charge >= 0.3 is 5.97 Å². The Morgan fingerprint density at radius 1 is 1.36 bits per heavy atom. The van der Waals surface area contributed by atoms with Gasteiger partial charge in [0.15, 0.2) is 0 Å². The Balaban J connectivity index is 1.68. The summed E-state index contributed by atoms with van der Waals surface area (Å²) in [5.41, 5.74) is 1.88. The van der Waals surface area contributed by atoms with E-state index in [9.17, 15) is 10.1 Å². The first-order valence-corrected chi connectivity index (χ1v) is 7.86. The van der Waals surface area contributed by atoms with Gasteiger partial charge in [0.25, 0.3) is 0 Å². The number of nitriles is 1. The van der Waals surface area contributed by atoms with Crippen LogP contribution < -0.4 is 4.90 Å². The number of carbonyl (C=O) groups is 1. The van der Waals surface area contributed by atoms with Crippen molar-refractivity contribution in [1.29, 1.82) is 5.26 Å². The fraction of sp³-hybridized carbons (Fsp3) is 0.529. The summed E-state index contributed by atoms with van der Waals surface area (Å²) < 4.78 is 10.7. The van der Waals surface area contributed by atoms with E-state index in [1.54, 1.807) is 12.1 Å². The highest BCUT2D eigenvalue weighted by Gasteiger charge is 2.20. The number of carbonyl (C=O) groups excluding carboxylic acids is 1. The fourth-order valence-electron chi connectivity index (χ4n) is 3.01. The van der Waals surface area contributed by atoms with Crippen molar-refractivity contribution in [3.05, 3.63) is 29.3 Å². The van der Waals surface area contributed by atoms with Crippen LogP contribution in [0.5, 0.6) is 0 Å². The molecule has 0 unspecified atom stereocenters. The van der Waals surface area contributed by atoms with Gasteiger partial charge < -0.3 is 14.4 Å². The van der Waals surface area contributed by atoms with E-state index in [1.165, 1.54) is 0 Å². The summed E-state index contributed by atoms with van der Waals surface area (Å²) in [6, 6.07) is 7.42. The number of benzene rings is 1. The fourth-order valence-corrected chi connectivity index (χ4v) is 3.01. The van der Waals surface area contributed by atoms with Crippen LogP contribution in [-0.2, 0) is 9.47 Å². The van der Waals surface area contributed by atoms with E-state index in [0.29, 0.717) is 11.1 Å². The molecule has 0 aliphatic carbocycles. The molecule has 0 bridgehead atoms. The summed E-state index contributed by atoms with van der Waals surface area (Å²) in [6.45, 7) is 2.97. The molecule has 2 heterocycles. The summed E-state index contributed by atoms with van der Waals surface area (Å²) in [4.78, 5) is 14.3. The minimum Gasteiger partial charge on any atom is -0.459 e. The molecule has 2 fully saturated rings. The Morgan fingerprint density at radius 2 is 2.18 bits per heavy atom. The van der Waals surface area contributed by atoms with Crippen molar-refractivity contribution in [2.24, 2.45) is 0 Å². The lowest BCUT2D eigenvalue weighted by Gasteiger charge is -2.19. The number of nitrogens with zero attached hydrogens (tertiary/aromatic N) is 2. The molecule has 22 heavy (non-hydrogen) atoms. The van der Waals surface area contributed by atoms with Crippen LogP contribution in [0.15, 0.2) is 18.2 Å². The predicted molar refractivity (Wildman–Crippen MR) is 81.9 cm³/mol. The van der Waals surface area contributed by atoms with Crippen LogP contribution >= 0.6 is 0 Å². The molecule has 2 aliphatic heterocycles. The standard InChI is InChI=1S/C17H20N2O3/c18-11-14-10-13(5-6-16(14)19-7-1-2-8-19)17(20)22-12-15-4-3-9-21-15/h5-6,10,15H,1-4,7-9,12H2/t15-/m1/s1. The smallest absolute Gasteiger partial charge is 0.338 e. The van der Waals surface area contributed by atoms with Crippen molar-refractivity contribution in [3.63, 3.8) is 0 Å². The second-order valence-electron chi connectivity index (χ2n) is 5.77. The van der Waals surface area contributed by atoms with Crippen LogP contribution in [0.4, 0.5) is 5.69 Å². The summed E-state index contributed by atoms with van der Waals surface area (Å²) in [5.74, 6) is -0.389. The van der Waals surface area contributed by atoms with Crippen LogP contribution in [0.2, 0.25) is 0 Å². The SMILES string of the molecule is N#Cc1cc(C(=O)OC[C@H]2CCCO2)ccc1N1CCCC1. The van der Waals surface area contributed by atoms with E-state index in [1.807, 2.05) is 6.07 Å². The highest BCUT2D eigenvalue weighted by molar-refractivity contribution is 5.90. The van der Waals surface area contributed by atoms with E-state index in [0.717, 1.165) is 51.1 Å². The number of hydrogen-bond donors (Lipinski definition) is 0. The zero-order valence-electron chi connectivity index (χ0n) is 12.6. The number of rotatable bonds is 4. The van der Waals surface area contributed by atoms with Gasteiger partial charge in [-0.15, -0.1) is 0 Å². The van der Waals surface area contributed by atoms with Gasteiger partial charge in [-0.3, -0.25) is 0 Å². The summed E-state index contributed by atoms with van der Waals surface area (Å²) in [5, 5.41) is 9.34. The zero-order chi connectivity index (χ0) is 15.4. The maximum Gasteiger partial charge on any atom is 0.338 e. The third kappa shape index (κ3) is 3.23. The molecule has 0 radical (unpaired) electrons. The minimum atomic E-state index is -0.389. The van der Waals surface area contributed by atoms with E-state index in [2.05, 4.69) is 11.0 Å². The number of hydrogen-bond acceptors (Lipinski definition) is 5. The van der Waals surface area contributed by atoms with Crippen molar-refractivity contribution < 1.29 is 14.3 Å². The van der Waals surface area contributed by atoms with E-state index < -0.39 is 0 Å². The molecule has 1 aromatic rings. The van der Waals surface area contributed by atoms with Gasteiger partial charge in [-0.05, 0) is 43.9 Å². The third-order valence-electron chi connectivity index (χ3n) is 4.22. The molecule has 0 amide bonds. The first-order chi connectivity index (χ1) is 10.8. The minimum absolute atomic E-state index is 0.0169. The molecule has 5 nitrogen and oxygen atoms in total. The van der Waals surface area contributed by atoms with E-state index in [4.69, 9.17) is 9.47 Å². The summed E-state index contributed by atoms with van der Waals surface area (Å²) >= 11 is 0. The van der Waals surface area contributed by atoms with Gasteiger partial charge in [0.05, 0.1) is 22.9 Å². The molecule has 2 saturated heterocycles. The molecular weight excluding hydrogens is 280 g/mol. The van der Waals surface area contributed by atoms with Gasteiger partial charge in [-0.2, -0.15) is 5.26 Å². The van der Waals surface area contributed by atoms with Crippen LogP contribution in [0.1, 0.15) is 41.6 Å². The monoisotopic (exact) mass is 300 g/mol. The van der Waals surface area contributed by atoms with Crippen molar-refractivity contribution in [2.75, 3.05) is 31.2 Å². The Kier molecular flexibility index (Phi) is 4.59.